The first kappa shape index (κ1) is 15.6. The van der Waals surface area contributed by atoms with E-state index in [1.54, 1.807) is 37.3 Å². The zero-order chi connectivity index (χ0) is 16.3. The smallest absolute Gasteiger partial charge is 0.327 e. The maximum absolute atomic E-state index is 12.7. The second kappa shape index (κ2) is 5.94. The Morgan fingerprint density at radius 2 is 1.91 bits per heavy atom. The second-order valence-corrected chi connectivity index (χ2v) is 4.65. The molecule has 1 atom stereocenters. The molecule has 2 rings (SSSR count). The van der Waals surface area contributed by atoms with Crippen molar-refractivity contribution in [2.45, 2.75) is 18.8 Å². The van der Waals surface area contributed by atoms with Gasteiger partial charge in [0.2, 0.25) is 5.91 Å². The first-order valence-electron chi connectivity index (χ1n) is 6.63. The predicted molar refractivity (Wildman–Crippen MR) is 73.9 cm³/mol. The molecule has 1 aromatic carbocycles. The number of hydroxylamine groups is 2. The number of barbiturate groups is 1. The van der Waals surface area contributed by atoms with Gasteiger partial charge in [-0.3, -0.25) is 14.9 Å². The molecule has 4 amide bonds. The molecule has 1 fully saturated rings. The largest absolute Gasteiger partial charge is 0.365 e. The van der Waals surface area contributed by atoms with Crippen molar-refractivity contribution in [3.8, 4) is 0 Å². The summed E-state index contributed by atoms with van der Waals surface area (Å²) in [7, 11) is 0. The Balaban J connectivity index is 2.49. The average molecular weight is 305 g/mol. The Labute approximate surface area is 126 Å². The number of carbonyl (C=O) groups excluding carboxylic acids is 4. The molecular weight excluding hydrogens is 290 g/mol. The van der Waals surface area contributed by atoms with Gasteiger partial charge >= 0.3 is 12.0 Å². The van der Waals surface area contributed by atoms with Crippen LogP contribution in [0.15, 0.2) is 30.3 Å². The van der Waals surface area contributed by atoms with Crippen molar-refractivity contribution in [1.29, 1.82) is 0 Å². The van der Waals surface area contributed by atoms with E-state index in [0.717, 1.165) is 0 Å². The number of hydrogen-bond donors (Lipinski definition) is 2. The number of nitrogens with one attached hydrogen (secondary N) is 1. The fourth-order valence-electron chi connectivity index (χ4n) is 2.33. The van der Waals surface area contributed by atoms with Gasteiger partial charge in [-0.05, 0) is 12.0 Å². The highest BCUT2D eigenvalue weighted by molar-refractivity contribution is 6.22. The molecule has 8 heteroatoms. The van der Waals surface area contributed by atoms with Crippen LogP contribution in [0.25, 0.3) is 0 Å². The van der Waals surface area contributed by atoms with Gasteiger partial charge in [0.05, 0.1) is 6.54 Å². The number of urea groups is 1. The van der Waals surface area contributed by atoms with E-state index < -0.39 is 35.8 Å². The third-order valence-electron chi connectivity index (χ3n) is 3.50. The number of carbonyl (C=O) groups is 4. The number of hydrogen-bond acceptors (Lipinski definition) is 6. The maximum Gasteiger partial charge on any atom is 0.365 e. The summed E-state index contributed by atoms with van der Waals surface area (Å²) in [5.41, 5.74) is 3.88. The van der Waals surface area contributed by atoms with Gasteiger partial charge in [0.15, 0.2) is 5.41 Å². The van der Waals surface area contributed by atoms with E-state index in [0.29, 0.717) is 5.56 Å². The fourth-order valence-corrected chi connectivity index (χ4v) is 2.33. The minimum absolute atomic E-state index is 0.0889. The number of benzene rings is 1. The molecule has 1 heterocycles. The van der Waals surface area contributed by atoms with Gasteiger partial charge in [0.1, 0.15) is 0 Å². The summed E-state index contributed by atoms with van der Waals surface area (Å²) < 4.78 is 0. The third kappa shape index (κ3) is 2.33. The molecule has 1 aliphatic heterocycles. The Kier molecular flexibility index (Phi) is 4.22. The number of rotatable bonds is 4. The third-order valence-corrected chi connectivity index (χ3v) is 3.50. The van der Waals surface area contributed by atoms with Crippen LogP contribution >= 0.6 is 0 Å². The van der Waals surface area contributed by atoms with Crippen LogP contribution in [0, 0.1) is 0 Å². The van der Waals surface area contributed by atoms with Crippen LogP contribution in [0.3, 0.4) is 0 Å². The first-order chi connectivity index (χ1) is 10.5. The predicted octanol–water partition coefficient (Wildman–Crippen LogP) is -0.170. The summed E-state index contributed by atoms with van der Waals surface area (Å²) in [6.07, 6.45) is 0.0889. The lowest BCUT2D eigenvalue weighted by Crippen LogP contribution is -2.66. The van der Waals surface area contributed by atoms with E-state index in [9.17, 15) is 19.2 Å². The number of nitrogens with two attached hydrogens (primary N) is 1. The molecule has 0 aliphatic carbocycles. The summed E-state index contributed by atoms with van der Waals surface area (Å²) in [5.74, 6) is -2.64. The SMILES string of the molecule is CC[C@@]1(c2ccccc2)C(=O)NC(=O)N(OC(=O)CN)C1=O. The van der Waals surface area contributed by atoms with Crippen molar-refractivity contribution in [3.05, 3.63) is 35.9 Å². The molecule has 0 saturated carbocycles. The fraction of sp³-hybridized carbons (Fsp3) is 0.286. The van der Waals surface area contributed by atoms with Crippen molar-refractivity contribution in [2.24, 2.45) is 5.73 Å². The molecule has 3 N–H and O–H groups in total. The molecule has 0 bridgehead atoms. The highest BCUT2D eigenvalue weighted by Gasteiger charge is 2.55. The highest BCUT2D eigenvalue weighted by atomic mass is 16.7. The van der Waals surface area contributed by atoms with Crippen LogP contribution in [0.2, 0.25) is 0 Å². The maximum atomic E-state index is 12.7. The van der Waals surface area contributed by atoms with Crippen molar-refractivity contribution in [2.75, 3.05) is 6.54 Å². The zero-order valence-corrected chi connectivity index (χ0v) is 11.9. The first-order valence-corrected chi connectivity index (χ1v) is 6.63. The van der Waals surface area contributed by atoms with Gasteiger partial charge in [-0.2, -0.15) is 0 Å². The number of nitrogens with zero attached hydrogens (tertiary/aromatic N) is 1. The van der Waals surface area contributed by atoms with E-state index >= 15 is 0 Å². The molecular formula is C14H15N3O5. The minimum Gasteiger partial charge on any atom is -0.327 e. The lowest BCUT2D eigenvalue weighted by atomic mass is 9.75. The quantitative estimate of drug-likeness (QED) is 0.745. The van der Waals surface area contributed by atoms with Crippen molar-refractivity contribution in [1.82, 2.24) is 10.4 Å². The van der Waals surface area contributed by atoms with E-state index in [4.69, 9.17) is 5.73 Å². The molecule has 1 aliphatic rings. The van der Waals surface area contributed by atoms with Crippen LogP contribution in [0.4, 0.5) is 4.79 Å². The van der Waals surface area contributed by atoms with E-state index in [1.165, 1.54) is 0 Å². The van der Waals surface area contributed by atoms with Crippen LogP contribution in [0.1, 0.15) is 18.9 Å². The molecule has 1 saturated heterocycles. The van der Waals surface area contributed by atoms with Gasteiger partial charge in [-0.1, -0.05) is 42.3 Å². The molecule has 22 heavy (non-hydrogen) atoms. The number of imide groups is 2. The topological polar surface area (TPSA) is 119 Å². The van der Waals surface area contributed by atoms with Gasteiger partial charge in [0, 0.05) is 0 Å². The van der Waals surface area contributed by atoms with Gasteiger partial charge in [0.25, 0.3) is 5.91 Å². The molecule has 0 spiro atoms. The van der Waals surface area contributed by atoms with Crippen LogP contribution in [-0.2, 0) is 24.6 Å². The lowest BCUT2D eigenvalue weighted by Gasteiger charge is -2.37. The monoisotopic (exact) mass is 305 g/mol. The summed E-state index contributed by atoms with van der Waals surface area (Å²) in [6, 6.07) is 7.14. The summed E-state index contributed by atoms with van der Waals surface area (Å²) in [6.45, 7) is 1.12. The molecule has 0 radical (unpaired) electrons. The molecule has 8 nitrogen and oxygen atoms in total. The molecule has 1 aromatic rings. The zero-order valence-electron chi connectivity index (χ0n) is 11.9. The molecule has 116 valence electrons. The van der Waals surface area contributed by atoms with Crippen LogP contribution < -0.4 is 11.1 Å². The van der Waals surface area contributed by atoms with E-state index in [-0.39, 0.29) is 11.5 Å². The molecule has 0 unspecified atom stereocenters. The normalized spacial score (nSPS) is 21.5. The van der Waals surface area contributed by atoms with Gasteiger partial charge in [-0.25, -0.2) is 9.59 Å². The van der Waals surface area contributed by atoms with Crippen molar-refractivity contribution in [3.63, 3.8) is 0 Å². The average Bonchev–Trinajstić information content (AvgIpc) is 2.53. The Morgan fingerprint density at radius 1 is 1.27 bits per heavy atom. The minimum atomic E-state index is -1.63. The highest BCUT2D eigenvalue weighted by Crippen LogP contribution is 2.33. The van der Waals surface area contributed by atoms with Crippen molar-refractivity contribution >= 4 is 23.8 Å². The Bertz CT molecular complexity index is 631. The van der Waals surface area contributed by atoms with Crippen LogP contribution in [0.5, 0.6) is 0 Å². The Hall–Kier alpha value is -2.74. The van der Waals surface area contributed by atoms with E-state index in [1.807, 2.05) is 5.32 Å². The van der Waals surface area contributed by atoms with E-state index in [2.05, 4.69) is 4.84 Å². The standard InChI is InChI=1S/C14H15N3O5/c1-2-14(9-6-4-3-5-7-9)11(19)16-13(21)17(12(14)20)22-10(18)8-15/h3-7H,2,8,15H2,1H3,(H,16,19,21)/t14-/m1/s1. The van der Waals surface area contributed by atoms with Crippen LogP contribution in [-0.4, -0.2) is 35.4 Å². The summed E-state index contributed by atoms with van der Waals surface area (Å²) >= 11 is 0. The van der Waals surface area contributed by atoms with Gasteiger partial charge in [-0.15, -0.1) is 0 Å². The lowest BCUT2D eigenvalue weighted by molar-refractivity contribution is -0.191. The molecule has 0 aromatic heterocycles. The van der Waals surface area contributed by atoms with Crippen molar-refractivity contribution < 1.29 is 24.0 Å². The van der Waals surface area contributed by atoms with Gasteiger partial charge < -0.3 is 10.6 Å². The summed E-state index contributed by atoms with van der Waals surface area (Å²) in [4.78, 5) is 52.7. The Morgan fingerprint density at radius 3 is 2.45 bits per heavy atom. The second-order valence-electron chi connectivity index (χ2n) is 4.65. The number of amides is 4. The summed E-state index contributed by atoms with van der Waals surface area (Å²) in [5, 5.41) is 2.30.